The topological polar surface area (TPSA) is 55.8 Å². The van der Waals surface area contributed by atoms with E-state index in [4.69, 9.17) is 9.47 Å². The lowest BCUT2D eigenvalue weighted by Crippen LogP contribution is -2.45. The van der Waals surface area contributed by atoms with Gasteiger partial charge < -0.3 is 9.47 Å². The lowest BCUT2D eigenvalue weighted by atomic mass is 10.0. The van der Waals surface area contributed by atoms with Gasteiger partial charge in [-0.25, -0.2) is 9.69 Å². The minimum Gasteiger partial charge on any atom is -0.447 e. The number of cyclic esters (lactones) is 1. The van der Waals surface area contributed by atoms with E-state index in [1.54, 1.807) is 0 Å². The van der Waals surface area contributed by atoms with Gasteiger partial charge >= 0.3 is 12.3 Å². The largest absolute Gasteiger partial charge is 0.447 e. The van der Waals surface area contributed by atoms with Crippen molar-refractivity contribution in [2.24, 2.45) is 5.92 Å². The first-order valence-electron chi connectivity index (χ1n) is 9.64. The van der Waals surface area contributed by atoms with Crippen LogP contribution in [0, 0.1) is 5.92 Å². The number of rotatable bonds is 9. The Kier molecular flexibility index (Phi) is 7.87. The Morgan fingerprint density at radius 1 is 1.28 bits per heavy atom. The van der Waals surface area contributed by atoms with Crippen LogP contribution in [0.4, 0.5) is 18.0 Å². The first-order chi connectivity index (χ1) is 13.5. The first kappa shape index (κ1) is 23.4. The molecule has 1 aromatic carbocycles. The van der Waals surface area contributed by atoms with Crippen molar-refractivity contribution in [3.05, 3.63) is 35.9 Å². The second-order valence-electron chi connectivity index (χ2n) is 8.53. The summed E-state index contributed by atoms with van der Waals surface area (Å²) in [6.45, 7) is 6.28. The molecule has 2 atom stereocenters. The van der Waals surface area contributed by atoms with Gasteiger partial charge in [0, 0.05) is 14.7 Å². The minimum atomic E-state index is -4.54. The van der Waals surface area contributed by atoms with Crippen LogP contribution in [0.2, 0.25) is 25.7 Å². The van der Waals surface area contributed by atoms with Crippen LogP contribution >= 0.6 is 0 Å². The third-order valence-electron chi connectivity index (χ3n) is 4.66. The summed E-state index contributed by atoms with van der Waals surface area (Å²) in [5.74, 6) is -2.36. The quantitative estimate of drug-likeness (QED) is 0.427. The van der Waals surface area contributed by atoms with Crippen molar-refractivity contribution in [2.45, 2.75) is 50.7 Å². The Morgan fingerprint density at radius 3 is 2.52 bits per heavy atom. The van der Waals surface area contributed by atoms with Crippen LogP contribution in [0.1, 0.15) is 12.0 Å². The molecule has 0 aromatic heterocycles. The Hall–Kier alpha value is -1.87. The van der Waals surface area contributed by atoms with Crippen LogP contribution in [-0.4, -0.2) is 57.0 Å². The standard InChI is InChI=1S/C20H28F3NO4Si/c1-29(2,3)10-9-27-13-16(12-20(21,22)23)18(25)24-17(14-28-19(24)26)11-15-7-5-4-6-8-15/h4-8,16-17H,9-14H2,1-3H3. The van der Waals surface area contributed by atoms with Gasteiger partial charge in [0.2, 0.25) is 5.91 Å². The molecular weight excluding hydrogens is 403 g/mol. The normalized spacial score (nSPS) is 18.6. The van der Waals surface area contributed by atoms with Crippen molar-refractivity contribution >= 4 is 20.1 Å². The molecule has 2 unspecified atom stereocenters. The van der Waals surface area contributed by atoms with Crippen LogP contribution in [0.5, 0.6) is 0 Å². The molecule has 1 saturated heterocycles. The molecule has 1 aromatic rings. The van der Waals surface area contributed by atoms with Gasteiger partial charge in [-0.3, -0.25) is 4.79 Å². The number of amides is 2. The number of ether oxygens (including phenoxy) is 2. The molecule has 0 radical (unpaired) electrons. The summed E-state index contributed by atoms with van der Waals surface area (Å²) >= 11 is 0. The van der Waals surface area contributed by atoms with Gasteiger partial charge in [-0.1, -0.05) is 50.0 Å². The van der Waals surface area contributed by atoms with Crippen LogP contribution in [-0.2, 0) is 20.7 Å². The van der Waals surface area contributed by atoms with E-state index in [-0.39, 0.29) is 13.2 Å². The number of imide groups is 1. The Labute approximate surface area is 170 Å². The number of carbonyl (C=O) groups is 2. The third-order valence-corrected chi connectivity index (χ3v) is 6.36. The third kappa shape index (κ3) is 7.81. The lowest BCUT2D eigenvalue weighted by Gasteiger charge is -2.26. The first-order valence-corrected chi connectivity index (χ1v) is 13.4. The maximum Gasteiger partial charge on any atom is 0.416 e. The maximum atomic E-state index is 13.1. The molecule has 1 aliphatic rings. The maximum absolute atomic E-state index is 13.1. The molecule has 162 valence electrons. The summed E-state index contributed by atoms with van der Waals surface area (Å²) in [7, 11) is -1.41. The second-order valence-corrected chi connectivity index (χ2v) is 14.2. The van der Waals surface area contributed by atoms with Crippen molar-refractivity contribution in [3.63, 3.8) is 0 Å². The average molecular weight is 432 g/mol. The van der Waals surface area contributed by atoms with Gasteiger partial charge in [0.15, 0.2) is 0 Å². The molecule has 5 nitrogen and oxygen atoms in total. The van der Waals surface area contributed by atoms with Crippen LogP contribution in [0.25, 0.3) is 0 Å². The summed E-state index contributed by atoms with van der Waals surface area (Å²) in [6, 6.07) is 9.28. The monoisotopic (exact) mass is 431 g/mol. The van der Waals surface area contributed by atoms with E-state index in [0.29, 0.717) is 13.0 Å². The van der Waals surface area contributed by atoms with Gasteiger partial charge in [0.1, 0.15) is 6.61 Å². The second kappa shape index (κ2) is 9.75. The molecule has 0 bridgehead atoms. The van der Waals surface area contributed by atoms with Gasteiger partial charge in [0.05, 0.1) is 25.0 Å². The smallest absolute Gasteiger partial charge is 0.416 e. The highest BCUT2D eigenvalue weighted by Gasteiger charge is 2.44. The number of halogens is 3. The molecule has 0 N–H and O–H groups in total. The van der Waals surface area contributed by atoms with Gasteiger partial charge in [0.25, 0.3) is 0 Å². The molecule has 0 spiro atoms. The number of benzene rings is 1. The molecule has 2 amide bonds. The Bertz CT molecular complexity index is 691. The number of carbonyl (C=O) groups excluding carboxylic acids is 2. The highest BCUT2D eigenvalue weighted by Crippen LogP contribution is 2.29. The molecule has 1 heterocycles. The van der Waals surface area contributed by atoms with E-state index in [1.165, 1.54) is 0 Å². The predicted molar refractivity (Wildman–Crippen MR) is 105 cm³/mol. The van der Waals surface area contributed by atoms with Gasteiger partial charge in [-0.15, -0.1) is 0 Å². The SMILES string of the molecule is C[Si](C)(C)CCOCC(CC(F)(F)F)C(=O)N1C(=O)OCC1Cc1ccccc1. The summed E-state index contributed by atoms with van der Waals surface area (Å²) < 4.78 is 49.6. The van der Waals surface area contributed by atoms with Crippen molar-refractivity contribution in [2.75, 3.05) is 19.8 Å². The molecule has 29 heavy (non-hydrogen) atoms. The zero-order valence-electron chi connectivity index (χ0n) is 17.0. The fourth-order valence-corrected chi connectivity index (χ4v) is 3.82. The zero-order valence-corrected chi connectivity index (χ0v) is 18.0. The summed E-state index contributed by atoms with van der Waals surface area (Å²) in [5.41, 5.74) is 0.868. The summed E-state index contributed by atoms with van der Waals surface area (Å²) in [5, 5.41) is 0. The molecule has 0 saturated carbocycles. The van der Waals surface area contributed by atoms with Gasteiger partial charge in [-0.05, 0) is 18.0 Å². The minimum absolute atomic E-state index is 0.0330. The van der Waals surface area contributed by atoms with E-state index >= 15 is 0 Å². The highest BCUT2D eigenvalue weighted by molar-refractivity contribution is 6.76. The van der Waals surface area contributed by atoms with Crippen molar-refractivity contribution in [1.82, 2.24) is 4.90 Å². The van der Waals surface area contributed by atoms with E-state index in [9.17, 15) is 22.8 Å². The van der Waals surface area contributed by atoms with E-state index in [1.807, 2.05) is 30.3 Å². The zero-order chi connectivity index (χ0) is 21.7. The Morgan fingerprint density at radius 2 is 1.93 bits per heavy atom. The number of hydrogen-bond acceptors (Lipinski definition) is 4. The number of hydrogen-bond donors (Lipinski definition) is 0. The van der Waals surface area contributed by atoms with Crippen LogP contribution in [0.15, 0.2) is 30.3 Å². The molecular formula is C20H28F3NO4Si. The number of nitrogens with zero attached hydrogens (tertiary/aromatic N) is 1. The van der Waals surface area contributed by atoms with Crippen LogP contribution in [0.3, 0.4) is 0 Å². The molecule has 1 aliphatic heterocycles. The highest BCUT2D eigenvalue weighted by atomic mass is 28.3. The molecule has 0 aliphatic carbocycles. The Balaban J connectivity index is 2.08. The van der Waals surface area contributed by atoms with Crippen molar-refractivity contribution in [3.8, 4) is 0 Å². The van der Waals surface area contributed by atoms with E-state index < -0.39 is 44.6 Å². The molecule has 2 rings (SSSR count). The fraction of sp³-hybridized carbons (Fsp3) is 0.600. The van der Waals surface area contributed by atoms with Crippen LogP contribution < -0.4 is 0 Å². The molecule has 9 heteroatoms. The summed E-state index contributed by atoms with van der Waals surface area (Å²) in [6.07, 6.45) is -6.44. The molecule has 1 fully saturated rings. The van der Waals surface area contributed by atoms with E-state index in [2.05, 4.69) is 19.6 Å². The summed E-state index contributed by atoms with van der Waals surface area (Å²) in [4.78, 5) is 25.8. The van der Waals surface area contributed by atoms with Crippen molar-refractivity contribution in [1.29, 1.82) is 0 Å². The lowest BCUT2D eigenvalue weighted by molar-refractivity contribution is -0.162. The van der Waals surface area contributed by atoms with Crippen molar-refractivity contribution < 1.29 is 32.2 Å². The van der Waals surface area contributed by atoms with Gasteiger partial charge in [-0.2, -0.15) is 13.2 Å². The number of alkyl halides is 3. The predicted octanol–water partition coefficient (Wildman–Crippen LogP) is 4.50. The van der Waals surface area contributed by atoms with E-state index in [0.717, 1.165) is 16.5 Å². The fourth-order valence-electron chi connectivity index (χ4n) is 3.06. The average Bonchev–Trinajstić information content (AvgIpc) is 2.96.